The van der Waals surface area contributed by atoms with E-state index in [1.165, 1.54) is 26.7 Å². The molecule has 0 N–H and O–H groups in total. The molecule has 1 atom stereocenters. The SMILES string of the molecule is Cc1ccc2nc(N3CCN(C(=O)c4ccc(S(=O)(=O)N(C)CC5CCCO5)cc4)CC3)sc2c1. The quantitative estimate of drug-likeness (QED) is 0.502. The molecule has 186 valence electrons. The largest absolute Gasteiger partial charge is 0.377 e. The molecular formula is C25H30N4O4S2. The molecule has 2 aliphatic heterocycles. The lowest BCUT2D eigenvalue weighted by molar-refractivity contribution is 0.0746. The number of ether oxygens (including phenoxy) is 1. The minimum Gasteiger partial charge on any atom is -0.377 e. The van der Waals surface area contributed by atoms with Crippen molar-refractivity contribution in [1.29, 1.82) is 0 Å². The second-order valence-electron chi connectivity index (χ2n) is 9.19. The van der Waals surface area contributed by atoms with Crippen LogP contribution in [0.15, 0.2) is 47.4 Å². The monoisotopic (exact) mass is 514 g/mol. The van der Waals surface area contributed by atoms with Crippen molar-refractivity contribution in [2.24, 2.45) is 0 Å². The maximum absolute atomic E-state index is 13.1. The molecule has 5 rings (SSSR count). The molecule has 0 spiro atoms. The number of benzene rings is 2. The van der Waals surface area contributed by atoms with E-state index < -0.39 is 10.0 Å². The second kappa shape index (κ2) is 9.85. The maximum Gasteiger partial charge on any atom is 0.253 e. The van der Waals surface area contributed by atoms with Crippen LogP contribution in [0.1, 0.15) is 28.8 Å². The first kappa shape index (κ1) is 24.2. The van der Waals surface area contributed by atoms with Crippen LogP contribution in [0.4, 0.5) is 5.13 Å². The summed E-state index contributed by atoms with van der Waals surface area (Å²) in [6, 6.07) is 12.5. The number of hydrogen-bond donors (Lipinski definition) is 0. The van der Waals surface area contributed by atoms with Crippen LogP contribution >= 0.6 is 11.3 Å². The van der Waals surface area contributed by atoms with Crippen molar-refractivity contribution in [2.75, 3.05) is 51.3 Å². The van der Waals surface area contributed by atoms with Crippen LogP contribution in [0.3, 0.4) is 0 Å². The van der Waals surface area contributed by atoms with Gasteiger partial charge in [-0.05, 0) is 61.7 Å². The molecule has 0 bridgehead atoms. The maximum atomic E-state index is 13.1. The molecule has 10 heteroatoms. The Morgan fingerprint density at radius 2 is 1.89 bits per heavy atom. The average molecular weight is 515 g/mol. The molecule has 2 saturated heterocycles. The van der Waals surface area contributed by atoms with Gasteiger partial charge in [0.25, 0.3) is 5.91 Å². The van der Waals surface area contributed by atoms with Gasteiger partial charge in [-0.3, -0.25) is 4.79 Å². The number of likely N-dealkylation sites (N-methyl/N-ethyl adjacent to an activating group) is 1. The third-order valence-corrected chi connectivity index (χ3v) is 9.58. The lowest BCUT2D eigenvalue weighted by Crippen LogP contribution is -2.48. The second-order valence-corrected chi connectivity index (χ2v) is 12.2. The van der Waals surface area contributed by atoms with Gasteiger partial charge in [0, 0.05) is 51.9 Å². The van der Waals surface area contributed by atoms with E-state index in [0.717, 1.165) is 23.5 Å². The van der Waals surface area contributed by atoms with E-state index in [0.29, 0.717) is 44.9 Å². The van der Waals surface area contributed by atoms with Crippen molar-refractivity contribution in [3.05, 3.63) is 53.6 Å². The molecule has 3 aromatic rings. The Labute approximate surface area is 210 Å². The van der Waals surface area contributed by atoms with Crippen LogP contribution in [0.5, 0.6) is 0 Å². The summed E-state index contributed by atoms with van der Waals surface area (Å²) in [5, 5.41) is 0.986. The fourth-order valence-electron chi connectivity index (χ4n) is 4.56. The molecule has 1 aromatic heterocycles. The minimum absolute atomic E-state index is 0.0545. The molecule has 1 amide bonds. The van der Waals surface area contributed by atoms with Gasteiger partial charge in [-0.25, -0.2) is 13.4 Å². The number of sulfonamides is 1. The van der Waals surface area contributed by atoms with Gasteiger partial charge < -0.3 is 14.5 Å². The zero-order valence-electron chi connectivity index (χ0n) is 20.0. The Morgan fingerprint density at radius 1 is 1.14 bits per heavy atom. The normalized spacial score (nSPS) is 19.1. The third kappa shape index (κ3) is 5.06. The number of rotatable bonds is 6. The van der Waals surface area contributed by atoms with Crippen molar-refractivity contribution < 1.29 is 17.9 Å². The molecule has 0 radical (unpaired) electrons. The predicted molar refractivity (Wildman–Crippen MR) is 138 cm³/mol. The summed E-state index contributed by atoms with van der Waals surface area (Å²) in [5.74, 6) is -0.0822. The molecule has 2 aliphatic rings. The van der Waals surface area contributed by atoms with Crippen LogP contribution in [-0.2, 0) is 14.8 Å². The van der Waals surface area contributed by atoms with Crippen molar-refractivity contribution in [3.63, 3.8) is 0 Å². The number of amides is 1. The minimum atomic E-state index is -3.63. The summed E-state index contributed by atoms with van der Waals surface area (Å²) in [6.07, 6.45) is 1.78. The topological polar surface area (TPSA) is 83.1 Å². The van der Waals surface area contributed by atoms with Crippen molar-refractivity contribution in [2.45, 2.75) is 30.8 Å². The average Bonchev–Trinajstić information content (AvgIpc) is 3.53. The summed E-state index contributed by atoms with van der Waals surface area (Å²) < 4.78 is 33.9. The first-order chi connectivity index (χ1) is 16.8. The van der Waals surface area contributed by atoms with Gasteiger partial charge in [0.2, 0.25) is 10.0 Å². The fraction of sp³-hybridized carbons (Fsp3) is 0.440. The molecule has 0 aliphatic carbocycles. The highest BCUT2D eigenvalue weighted by atomic mass is 32.2. The molecule has 3 heterocycles. The number of fused-ring (bicyclic) bond motifs is 1. The fourth-order valence-corrected chi connectivity index (χ4v) is 6.88. The summed E-state index contributed by atoms with van der Waals surface area (Å²) in [6.45, 7) is 5.71. The van der Waals surface area contributed by atoms with Crippen LogP contribution < -0.4 is 4.90 Å². The number of carbonyl (C=O) groups is 1. The highest BCUT2D eigenvalue weighted by Gasteiger charge is 2.27. The van der Waals surface area contributed by atoms with Gasteiger partial charge >= 0.3 is 0 Å². The highest BCUT2D eigenvalue weighted by Crippen LogP contribution is 2.30. The molecular weight excluding hydrogens is 484 g/mol. The Morgan fingerprint density at radius 3 is 2.57 bits per heavy atom. The van der Waals surface area contributed by atoms with Crippen molar-refractivity contribution in [1.82, 2.24) is 14.2 Å². The molecule has 35 heavy (non-hydrogen) atoms. The summed E-state index contributed by atoms with van der Waals surface area (Å²) >= 11 is 1.68. The van der Waals surface area contributed by atoms with E-state index in [1.54, 1.807) is 30.5 Å². The molecule has 2 aromatic carbocycles. The number of aromatic nitrogens is 1. The van der Waals surface area contributed by atoms with Gasteiger partial charge in [-0.2, -0.15) is 4.31 Å². The van der Waals surface area contributed by atoms with E-state index in [9.17, 15) is 13.2 Å². The van der Waals surface area contributed by atoms with Crippen LogP contribution in [0.2, 0.25) is 0 Å². The summed E-state index contributed by atoms with van der Waals surface area (Å²) in [5.41, 5.74) is 2.72. The Balaban J connectivity index is 1.20. The van der Waals surface area contributed by atoms with Gasteiger partial charge in [0.15, 0.2) is 5.13 Å². The number of piperazine rings is 1. The number of carbonyl (C=O) groups excluding carboxylic acids is 1. The van der Waals surface area contributed by atoms with Crippen LogP contribution in [0.25, 0.3) is 10.2 Å². The van der Waals surface area contributed by atoms with E-state index in [4.69, 9.17) is 9.72 Å². The molecule has 2 fully saturated rings. The third-order valence-electron chi connectivity index (χ3n) is 6.66. The Bertz CT molecular complexity index is 1310. The van der Waals surface area contributed by atoms with E-state index in [1.807, 2.05) is 4.90 Å². The predicted octanol–water partition coefficient (Wildman–Crippen LogP) is 3.37. The van der Waals surface area contributed by atoms with Crippen LogP contribution in [-0.4, -0.2) is 81.0 Å². The standard InChI is InChI=1S/C25H30N4O4S2/c1-18-5-10-22-23(16-18)34-25(26-22)29-13-11-28(12-14-29)24(30)19-6-8-21(9-7-19)35(31,32)27(2)17-20-4-3-15-33-20/h5-10,16,20H,3-4,11-15,17H2,1-2H3. The lowest BCUT2D eigenvalue weighted by Gasteiger charge is -2.34. The highest BCUT2D eigenvalue weighted by molar-refractivity contribution is 7.89. The number of anilines is 1. The van der Waals surface area contributed by atoms with Gasteiger partial charge in [-0.15, -0.1) is 0 Å². The lowest BCUT2D eigenvalue weighted by atomic mass is 10.2. The van der Waals surface area contributed by atoms with Crippen molar-refractivity contribution in [3.8, 4) is 0 Å². The molecule has 8 nitrogen and oxygen atoms in total. The first-order valence-corrected chi connectivity index (χ1v) is 14.2. The number of thiazole rings is 1. The molecule has 0 saturated carbocycles. The number of aryl methyl sites for hydroxylation is 1. The molecule has 1 unspecified atom stereocenters. The first-order valence-electron chi connectivity index (χ1n) is 11.9. The number of nitrogens with zero attached hydrogens (tertiary/aromatic N) is 4. The van der Waals surface area contributed by atoms with Gasteiger partial charge in [0.1, 0.15) is 0 Å². The van der Waals surface area contributed by atoms with E-state index in [2.05, 4.69) is 30.0 Å². The Hall–Kier alpha value is -2.53. The Kier molecular flexibility index (Phi) is 6.80. The van der Waals surface area contributed by atoms with E-state index >= 15 is 0 Å². The zero-order chi connectivity index (χ0) is 24.6. The van der Waals surface area contributed by atoms with Gasteiger partial charge in [-0.1, -0.05) is 17.4 Å². The van der Waals surface area contributed by atoms with Crippen LogP contribution in [0, 0.1) is 6.92 Å². The zero-order valence-corrected chi connectivity index (χ0v) is 21.6. The van der Waals surface area contributed by atoms with Crippen molar-refractivity contribution >= 4 is 42.6 Å². The smallest absolute Gasteiger partial charge is 0.253 e. The van der Waals surface area contributed by atoms with Gasteiger partial charge in [0.05, 0.1) is 21.2 Å². The summed E-state index contributed by atoms with van der Waals surface area (Å²) in [7, 11) is -2.06. The van der Waals surface area contributed by atoms with E-state index in [-0.39, 0.29) is 16.9 Å². The summed E-state index contributed by atoms with van der Waals surface area (Å²) in [4.78, 5) is 22.1. The number of hydrogen-bond acceptors (Lipinski definition) is 7.